The van der Waals surface area contributed by atoms with Crippen LogP contribution >= 0.6 is 0 Å². The lowest BCUT2D eigenvalue weighted by Gasteiger charge is -2.15. The van der Waals surface area contributed by atoms with E-state index in [0.717, 1.165) is 24.8 Å². The van der Waals surface area contributed by atoms with E-state index in [1.165, 1.54) is 0 Å². The fourth-order valence-corrected chi connectivity index (χ4v) is 2.71. The van der Waals surface area contributed by atoms with Gasteiger partial charge in [0.2, 0.25) is 29.1 Å². The van der Waals surface area contributed by atoms with E-state index in [1.54, 1.807) is 12.1 Å². The van der Waals surface area contributed by atoms with Gasteiger partial charge < -0.3 is 4.74 Å². The number of rotatable bonds is 7. The minimum atomic E-state index is -2.20. The van der Waals surface area contributed by atoms with Crippen molar-refractivity contribution in [1.82, 2.24) is 0 Å². The summed E-state index contributed by atoms with van der Waals surface area (Å²) >= 11 is 0. The molecule has 1 nitrogen and oxygen atoms in total. The predicted octanol–water partition coefficient (Wildman–Crippen LogP) is 6.25. The average molecular weight is 358 g/mol. The molecule has 0 fully saturated rings. The van der Waals surface area contributed by atoms with Crippen molar-refractivity contribution in [2.45, 2.75) is 45.6 Å². The van der Waals surface area contributed by atoms with Crippen LogP contribution in [0.3, 0.4) is 0 Å². The lowest BCUT2D eigenvalue weighted by atomic mass is 9.92. The van der Waals surface area contributed by atoms with Crippen LogP contribution in [0.2, 0.25) is 0 Å². The van der Waals surface area contributed by atoms with E-state index in [2.05, 4.69) is 13.8 Å². The molecule has 0 N–H and O–H groups in total. The minimum Gasteiger partial charge on any atom is -0.483 e. The van der Waals surface area contributed by atoms with Gasteiger partial charge in [0, 0.05) is 0 Å². The van der Waals surface area contributed by atoms with Crippen LogP contribution in [0, 0.1) is 29.1 Å². The normalized spacial score (nSPS) is 12.3. The lowest BCUT2D eigenvalue weighted by molar-refractivity contribution is 0.253. The van der Waals surface area contributed by atoms with Gasteiger partial charge in [-0.3, -0.25) is 0 Å². The van der Waals surface area contributed by atoms with Crippen LogP contribution in [-0.2, 0) is 6.61 Å². The zero-order chi connectivity index (χ0) is 18.6. The summed E-state index contributed by atoms with van der Waals surface area (Å²) in [6, 6.07) is 7.22. The Hall–Kier alpha value is -2.11. The Labute approximate surface area is 143 Å². The van der Waals surface area contributed by atoms with Crippen molar-refractivity contribution in [3.05, 3.63) is 64.5 Å². The molecule has 25 heavy (non-hydrogen) atoms. The summed E-state index contributed by atoms with van der Waals surface area (Å²) in [6.07, 6.45) is 3.11. The molecular formula is C19H19F5O. The van der Waals surface area contributed by atoms with E-state index in [-0.39, 0.29) is 6.61 Å². The summed E-state index contributed by atoms with van der Waals surface area (Å²) in [6.45, 7) is 3.90. The van der Waals surface area contributed by atoms with Crippen molar-refractivity contribution < 1.29 is 26.7 Å². The molecule has 0 aliphatic rings. The first-order valence-corrected chi connectivity index (χ1v) is 8.13. The number of ether oxygens (including phenoxy) is 1. The second-order valence-corrected chi connectivity index (χ2v) is 5.82. The average Bonchev–Trinajstić information content (AvgIpc) is 2.63. The molecule has 1 atom stereocenters. The molecule has 0 bridgehead atoms. The Morgan fingerprint density at radius 3 is 1.80 bits per heavy atom. The molecule has 2 rings (SSSR count). The van der Waals surface area contributed by atoms with Gasteiger partial charge in [0.1, 0.15) is 6.61 Å². The van der Waals surface area contributed by atoms with E-state index in [1.807, 2.05) is 12.1 Å². The van der Waals surface area contributed by atoms with Crippen molar-refractivity contribution in [2.24, 2.45) is 0 Å². The maximum Gasteiger partial charge on any atom is 0.207 e. The van der Waals surface area contributed by atoms with Gasteiger partial charge >= 0.3 is 0 Å². The van der Waals surface area contributed by atoms with Gasteiger partial charge in [-0.25, -0.2) is 13.2 Å². The van der Waals surface area contributed by atoms with Gasteiger partial charge in [-0.1, -0.05) is 44.5 Å². The van der Waals surface area contributed by atoms with Crippen LogP contribution in [0.25, 0.3) is 0 Å². The quantitative estimate of drug-likeness (QED) is 0.323. The molecule has 0 spiro atoms. The van der Waals surface area contributed by atoms with Crippen LogP contribution in [0.4, 0.5) is 22.0 Å². The third-order valence-corrected chi connectivity index (χ3v) is 4.13. The first kappa shape index (κ1) is 19.2. The molecule has 2 aromatic carbocycles. The smallest absolute Gasteiger partial charge is 0.207 e. The van der Waals surface area contributed by atoms with Crippen molar-refractivity contribution >= 4 is 0 Å². The largest absolute Gasteiger partial charge is 0.483 e. The number of halogens is 5. The van der Waals surface area contributed by atoms with Crippen LogP contribution in [0.15, 0.2) is 24.3 Å². The molecular weight excluding hydrogens is 339 g/mol. The number of benzene rings is 2. The fraction of sp³-hybridized carbons (Fsp3) is 0.368. The summed E-state index contributed by atoms with van der Waals surface area (Å²) in [7, 11) is 0. The SMILES string of the molecule is CCCC(CC)c1ccc(COc2c(F)c(F)c(F)c(F)c2F)cc1. The van der Waals surface area contributed by atoms with Crippen molar-refractivity contribution in [3.63, 3.8) is 0 Å². The lowest BCUT2D eigenvalue weighted by Crippen LogP contribution is -2.07. The van der Waals surface area contributed by atoms with Crippen molar-refractivity contribution in [2.75, 3.05) is 0 Å². The van der Waals surface area contributed by atoms with Gasteiger partial charge in [0.25, 0.3) is 0 Å². The molecule has 1 unspecified atom stereocenters. The molecule has 0 saturated heterocycles. The number of hydrogen-bond donors (Lipinski definition) is 0. The van der Waals surface area contributed by atoms with Crippen LogP contribution in [0.5, 0.6) is 5.75 Å². The summed E-state index contributed by atoms with van der Waals surface area (Å²) in [5.41, 5.74) is 1.71. The van der Waals surface area contributed by atoms with E-state index in [4.69, 9.17) is 4.74 Å². The molecule has 2 aromatic rings. The van der Waals surface area contributed by atoms with E-state index >= 15 is 0 Å². The predicted molar refractivity (Wildman–Crippen MR) is 84.9 cm³/mol. The highest BCUT2D eigenvalue weighted by Gasteiger charge is 2.27. The van der Waals surface area contributed by atoms with Crippen LogP contribution in [-0.4, -0.2) is 0 Å². The van der Waals surface area contributed by atoms with E-state index in [0.29, 0.717) is 11.5 Å². The fourth-order valence-electron chi connectivity index (χ4n) is 2.71. The van der Waals surface area contributed by atoms with Crippen LogP contribution in [0.1, 0.15) is 50.2 Å². The van der Waals surface area contributed by atoms with Gasteiger partial charge in [0.15, 0.2) is 5.75 Å². The highest BCUT2D eigenvalue weighted by Crippen LogP contribution is 2.30. The summed E-state index contributed by atoms with van der Waals surface area (Å²) in [4.78, 5) is 0. The minimum absolute atomic E-state index is 0.302. The standard InChI is InChI=1S/C19H19F5O/c1-3-5-12(4-2)13-8-6-11(7-9-13)10-25-19-17(23)15(21)14(20)16(22)18(19)24/h6-9,12H,3-5,10H2,1-2H3. The van der Waals surface area contributed by atoms with Crippen molar-refractivity contribution in [3.8, 4) is 5.75 Å². The second kappa shape index (κ2) is 8.32. The molecule has 0 saturated carbocycles. The highest BCUT2D eigenvalue weighted by atomic mass is 19.2. The third kappa shape index (κ3) is 4.11. The molecule has 0 aliphatic heterocycles. The molecule has 0 aliphatic carbocycles. The zero-order valence-corrected chi connectivity index (χ0v) is 14.0. The summed E-state index contributed by atoms with van der Waals surface area (Å²) < 4.78 is 71.2. The maximum atomic E-state index is 13.6. The Morgan fingerprint density at radius 1 is 0.800 bits per heavy atom. The van der Waals surface area contributed by atoms with Gasteiger partial charge in [-0.2, -0.15) is 8.78 Å². The van der Waals surface area contributed by atoms with Crippen LogP contribution < -0.4 is 4.74 Å². The molecule has 136 valence electrons. The molecule has 0 aromatic heterocycles. The summed E-state index contributed by atoms with van der Waals surface area (Å²) in [5, 5.41) is 0. The maximum absolute atomic E-state index is 13.6. The molecule has 0 radical (unpaired) electrons. The monoisotopic (exact) mass is 358 g/mol. The topological polar surface area (TPSA) is 9.23 Å². The third-order valence-electron chi connectivity index (χ3n) is 4.13. The van der Waals surface area contributed by atoms with E-state index in [9.17, 15) is 22.0 Å². The van der Waals surface area contributed by atoms with Crippen molar-refractivity contribution in [1.29, 1.82) is 0 Å². The first-order valence-electron chi connectivity index (χ1n) is 8.13. The Balaban J connectivity index is 2.15. The highest BCUT2D eigenvalue weighted by molar-refractivity contribution is 5.31. The van der Waals surface area contributed by atoms with Gasteiger partial charge in [-0.15, -0.1) is 0 Å². The Morgan fingerprint density at radius 2 is 1.32 bits per heavy atom. The van der Waals surface area contributed by atoms with E-state index < -0.39 is 34.8 Å². The molecule has 0 amide bonds. The zero-order valence-electron chi connectivity index (χ0n) is 14.0. The Bertz CT molecular complexity index is 699. The van der Waals surface area contributed by atoms with Gasteiger partial charge in [0.05, 0.1) is 0 Å². The molecule has 6 heteroatoms. The van der Waals surface area contributed by atoms with Gasteiger partial charge in [-0.05, 0) is 29.9 Å². The Kier molecular flexibility index (Phi) is 6.39. The molecule has 0 heterocycles. The number of hydrogen-bond acceptors (Lipinski definition) is 1. The summed E-state index contributed by atoms with van der Waals surface area (Å²) in [5.74, 6) is -11.0. The second-order valence-electron chi connectivity index (χ2n) is 5.82. The first-order chi connectivity index (χ1) is 11.9.